The largest absolute Gasteiger partial charge is 0.308 e. The summed E-state index contributed by atoms with van der Waals surface area (Å²) < 4.78 is 0. The minimum atomic E-state index is 0.0307. The predicted molar refractivity (Wildman–Crippen MR) is 76.9 cm³/mol. The van der Waals surface area contributed by atoms with Gasteiger partial charge in [0.1, 0.15) is 0 Å². The van der Waals surface area contributed by atoms with Crippen LogP contribution in [-0.2, 0) is 4.79 Å². The Morgan fingerprint density at radius 3 is 2.28 bits per heavy atom. The summed E-state index contributed by atoms with van der Waals surface area (Å²) in [6.45, 7) is 5.44. The molecule has 0 saturated heterocycles. The summed E-state index contributed by atoms with van der Waals surface area (Å²) in [6.07, 6.45) is 3.38. The van der Waals surface area contributed by atoms with Crippen LogP contribution in [0, 0.1) is 6.92 Å². The Morgan fingerprint density at radius 2 is 1.78 bits per heavy atom. The summed E-state index contributed by atoms with van der Waals surface area (Å²) in [5, 5.41) is 0. The zero-order chi connectivity index (χ0) is 13.5. The summed E-state index contributed by atoms with van der Waals surface area (Å²) in [5.74, 6) is 0.0307. The first-order valence-electron chi connectivity index (χ1n) is 6.20. The average Bonchev–Trinajstić information content (AvgIpc) is 2.31. The van der Waals surface area contributed by atoms with Gasteiger partial charge in [-0.1, -0.05) is 23.8 Å². The highest BCUT2D eigenvalue weighted by atomic mass is 16.2. The summed E-state index contributed by atoms with van der Waals surface area (Å²) in [4.78, 5) is 15.9. The molecule has 1 aromatic carbocycles. The standard InChI is InChI=1S/C15H22N2O/c1-5-6-15(18)17(12-11-16(3)4)14-9-7-13(2)8-10-14/h5-10H,11-12H2,1-4H3/b6-5+. The van der Waals surface area contributed by atoms with Gasteiger partial charge in [0.15, 0.2) is 0 Å². The molecule has 0 aliphatic heterocycles. The fourth-order valence-electron chi connectivity index (χ4n) is 1.62. The highest BCUT2D eigenvalue weighted by Crippen LogP contribution is 2.15. The van der Waals surface area contributed by atoms with Crippen LogP contribution >= 0.6 is 0 Å². The smallest absolute Gasteiger partial charge is 0.250 e. The maximum absolute atomic E-state index is 12.1. The molecule has 3 nitrogen and oxygen atoms in total. The molecule has 1 rings (SSSR count). The van der Waals surface area contributed by atoms with Crippen molar-refractivity contribution in [1.82, 2.24) is 4.90 Å². The van der Waals surface area contributed by atoms with Crippen LogP contribution in [0.4, 0.5) is 5.69 Å². The van der Waals surface area contributed by atoms with E-state index in [2.05, 4.69) is 4.90 Å². The van der Waals surface area contributed by atoms with Gasteiger partial charge in [-0.05, 0) is 46.2 Å². The van der Waals surface area contributed by atoms with Crippen molar-refractivity contribution in [3.63, 3.8) is 0 Å². The van der Waals surface area contributed by atoms with E-state index >= 15 is 0 Å². The molecular formula is C15H22N2O. The van der Waals surface area contributed by atoms with Crippen molar-refractivity contribution in [3.8, 4) is 0 Å². The number of hydrogen-bond acceptors (Lipinski definition) is 2. The lowest BCUT2D eigenvalue weighted by Gasteiger charge is -2.23. The number of carbonyl (C=O) groups is 1. The van der Waals surface area contributed by atoms with Crippen molar-refractivity contribution < 1.29 is 4.79 Å². The Bertz CT molecular complexity index is 407. The number of amides is 1. The van der Waals surface area contributed by atoms with Crippen molar-refractivity contribution in [1.29, 1.82) is 0 Å². The van der Waals surface area contributed by atoms with E-state index in [1.165, 1.54) is 5.56 Å². The molecule has 3 heteroatoms. The van der Waals surface area contributed by atoms with Gasteiger partial charge in [-0.3, -0.25) is 4.79 Å². The van der Waals surface area contributed by atoms with Crippen LogP contribution in [-0.4, -0.2) is 38.0 Å². The van der Waals surface area contributed by atoms with E-state index in [0.717, 1.165) is 12.2 Å². The second kappa shape index (κ2) is 6.97. The van der Waals surface area contributed by atoms with E-state index in [9.17, 15) is 4.79 Å². The van der Waals surface area contributed by atoms with Gasteiger partial charge in [0.05, 0.1) is 0 Å². The first-order valence-corrected chi connectivity index (χ1v) is 6.20. The molecule has 0 aliphatic rings. The monoisotopic (exact) mass is 246 g/mol. The average molecular weight is 246 g/mol. The fourth-order valence-corrected chi connectivity index (χ4v) is 1.62. The molecular weight excluding hydrogens is 224 g/mol. The van der Waals surface area contributed by atoms with Crippen LogP contribution in [0.15, 0.2) is 36.4 Å². The number of benzene rings is 1. The van der Waals surface area contributed by atoms with E-state index in [1.54, 1.807) is 17.1 Å². The topological polar surface area (TPSA) is 23.6 Å². The van der Waals surface area contributed by atoms with Gasteiger partial charge < -0.3 is 9.80 Å². The van der Waals surface area contributed by atoms with E-state index in [4.69, 9.17) is 0 Å². The molecule has 0 spiro atoms. The lowest BCUT2D eigenvalue weighted by Crippen LogP contribution is -2.35. The van der Waals surface area contributed by atoms with Gasteiger partial charge in [0.25, 0.3) is 5.91 Å². The number of aryl methyl sites for hydroxylation is 1. The first kappa shape index (κ1) is 14.5. The Kier molecular flexibility index (Phi) is 5.59. The summed E-state index contributed by atoms with van der Waals surface area (Å²) >= 11 is 0. The third-order valence-electron chi connectivity index (χ3n) is 2.69. The normalized spacial score (nSPS) is 11.2. The van der Waals surface area contributed by atoms with Crippen LogP contribution in [0.2, 0.25) is 0 Å². The molecule has 0 radical (unpaired) electrons. The quantitative estimate of drug-likeness (QED) is 0.745. The molecule has 0 N–H and O–H groups in total. The van der Waals surface area contributed by atoms with Gasteiger partial charge >= 0.3 is 0 Å². The second-order valence-corrected chi connectivity index (χ2v) is 4.63. The van der Waals surface area contributed by atoms with Crippen LogP contribution in [0.5, 0.6) is 0 Å². The molecule has 0 aliphatic carbocycles. The van der Waals surface area contributed by atoms with Gasteiger partial charge in [-0.25, -0.2) is 0 Å². The third kappa shape index (κ3) is 4.34. The van der Waals surface area contributed by atoms with Crippen molar-refractivity contribution in [3.05, 3.63) is 42.0 Å². The minimum Gasteiger partial charge on any atom is -0.308 e. The first-order chi connectivity index (χ1) is 8.54. The SMILES string of the molecule is C/C=C/C(=O)N(CCN(C)C)c1ccc(C)cc1. The van der Waals surface area contributed by atoms with Gasteiger partial charge in [0.2, 0.25) is 0 Å². The highest BCUT2D eigenvalue weighted by Gasteiger charge is 2.12. The number of nitrogens with zero attached hydrogens (tertiary/aromatic N) is 2. The summed E-state index contributed by atoms with van der Waals surface area (Å²) in [7, 11) is 4.01. The van der Waals surface area contributed by atoms with Gasteiger partial charge in [0, 0.05) is 18.8 Å². The molecule has 18 heavy (non-hydrogen) atoms. The molecule has 0 saturated carbocycles. The van der Waals surface area contributed by atoms with Gasteiger partial charge in [-0.2, -0.15) is 0 Å². The number of hydrogen-bond donors (Lipinski definition) is 0. The molecule has 0 atom stereocenters. The Morgan fingerprint density at radius 1 is 1.17 bits per heavy atom. The van der Waals surface area contributed by atoms with Crippen molar-refractivity contribution in [2.45, 2.75) is 13.8 Å². The third-order valence-corrected chi connectivity index (χ3v) is 2.69. The predicted octanol–water partition coefficient (Wildman–Crippen LogP) is 2.47. The molecule has 1 aromatic rings. The summed E-state index contributed by atoms with van der Waals surface area (Å²) in [6, 6.07) is 8.04. The fraction of sp³-hybridized carbons (Fsp3) is 0.400. The van der Waals surface area contributed by atoms with E-state index in [0.29, 0.717) is 6.54 Å². The zero-order valence-corrected chi connectivity index (χ0v) is 11.7. The van der Waals surface area contributed by atoms with Gasteiger partial charge in [-0.15, -0.1) is 0 Å². The van der Waals surface area contributed by atoms with E-state index < -0.39 is 0 Å². The molecule has 0 fully saturated rings. The zero-order valence-electron chi connectivity index (χ0n) is 11.7. The number of likely N-dealkylation sites (N-methyl/N-ethyl adjacent to an activating group) is 1. The molecule has 98 valence electrons. The Hall–Kier alpha value is -1.61. The van der Waals surface area contributed by atoms with Crippen LogP contribution in [0.1, 0.15) is 12.5 Å². The molecule has 0 unspecified atom stereocenters. The lowest BCUT2D eigenvalue weighted by molar-refractivity contribution is -0.114. The Balaban J connectivity index is 2.88. The van der Waals surface area contributed by atoms with E-state index in [-0.39, 0.29) is 5.91 Å². The molecule has 1 amide bonds. The van der Waals surface area contributed by atoms with Crippen LogP contribution in [0.3, 0.4) is 0 Å². The van der Waals surface area contributed by atoms with Crippen LogP contribution < -0.4 is 4.90 Å². The molecule has 0 heterocycles. The van der Waals surface area contributed by atoms with E-state index in [1.807, 2.05) is 52.2 Å². The molecule has 0 bridgehead atoms. The minimum absolute atomic E-state index is 0.0307. The molecule has 0 aromatic heterocycles. The maximum Gasteiger partial charge on any atom is 0.250 e. The lowest BCUT2D eigenvalue weighted by atomic mass is 10.2. The number of allylic oxidation sites excluding steroid dienone is 1. The number of anilines is 1. The van der Waals surface area contributed by atoms with Crippen molar-refractivity contribution in [2.75, 3.05) is 32.1 Å². The number of rotatable bonds is 5. The van der Waals surface area contributed by atoms with Crippen LogP contribution in [0.25, 0.3) is 0 Å². The second-order valence-electron chi connectivity index (χ2n) is 4.63. The maximum atomic E-state index is 12.1. The number of carbonyl (C=O) groups excluding carboxylic acids is 1. The Labute approximate surface area is 110 Å². The van der Waals surface area contributed by atoms with Crippen molar-refractivity contribution in [2.24, 2.45) is 0 Å². The van der Waals surface area contributed by atoms with Crippen molar-refractivity contribution >= 4 is 11.6 Å². The summed E-state index contributed by atoms with van der Waals surface area (Å²) in [5.41, 5.74) is 2.15. The highest BCUT2D eigenvalue weighted by molar-refractivity contribution is 6.01.